The molecule has 31 heavy (non-hydrogen) atoms. The number of rotatable bonds is 6. The van der Waals surface area contributed by atoms with Crippen molar-refractivity contribution < 1.29 is 0 Å². The monoisotopic (exact) mass is 411 g/mol. The fourth-order valence-electron chi connectivity index (χ4n) is 4.62. The molecule has 1 saturated heterocycles. The summed E-state index contributed by atoms with van der Waals surface area (Å²) in [7, 11) is 0. The average Bonchev–Trinajstić information content (AvgIpc) is 3.44. The fourth-order valence-corrected chi connectivity index (χ4v) is 4.62. The van der Waals surface area contributed by atoms with Gasteiger partial charge in [0.2, 0.25) is 0 Å². The van der Waals surface area contributed by atoms with Crippen LogP contribution in [0.2, 0.25) is 0 Å². The van der Waals surface area contributed by atoms with Crippen molar-refractivity contribution in [1.29, 1.82) is 0 Å². The number of nitrogens with zero attached hydrogens (tertiary/aromatic N) is 3. The summed E-state index contributed by atoms with van der Waals surface area (Å²) in [5.74, 6) is 0. The number of benzene rings is 2. The Kier molecular flexibility index (Phi) is 5.47. The molecule has 3 heterocycles. The second kappa shape index (κ2) is 8.56. The highest BCUT2D eigenvalue weighted by Gasteiger charge is 2.11. The van der Waals surface area contributed by atoms with Gasteiger partial charge < -0.3 is 9.47 Å². The van der Waals surface area contributed by atoms with E-state index in [4.69, 9.17) is 0 Å². The Labute approximate surface area is 183 Å². The number of aromatic nitrogens is 2. The molecule has 0 radical (unpaired) electrons. The summed E-state index contributed by atoms with van der Waals surface area (Å²) in [4.78, 5) is 15.4. The summed E-state index contributed by atoms with van der Waals surface area (Å²) in [6.45, 7) is 6.80. The Morgan fingerprint density at radius 2 is 1.61 bits per heavy atom. The molecule has 2 aromatic carbocycles. The second-order valence-corrected chi connectivity index (χ2v) is 8.64. The third kappa shape index (κ3) is 4.21. The van der Waals surface area contributed by atoms with Crippen LogP contribution in [0.25, 0.3) is 27.7 Å². The van der Waals surface area contributed by atoms with Gasteiger partial charge in [-0.1, -0.05) is 29.8 Å². The van der Waals surface area contributed by atoms with Crippen molar-refractivity contribution in [2.45, 2.75) is 32.7 Å². The van der Waals surface area contributed by atoms with Gasteiger partial charge in [0, 0.05) is 41.6 Å². The number of hydrogen-bond acceptors (Lipinski definition) is 2. The largest absolute Gasteiger partial charge is 0.347 e. The third-order valence-electron chi connectivity index (χ3n) is 6.41. The van der Waals surface area contributed by atoms with E-state index in [2.05, 4.69) is 65.1 Å². The molecule has 0 amide bonds. The molecule has 0 spiro atoms. The van der Waals surface area contributed by atoms with Crippen molar-refractivity contribution in [3.63, 3.8) is 0 Å². The summed E-state index contributed by atoms with van der Waals surface area (Å²) in [6.07, 6.45) is 7.92. The maximum Gasteiger partial charge on any atom is 0.255 e. The smallest absolute Gasteiger partial charge is 0.255 e. The SMILES string of the molecule is Cc1ccc(-c2ccn(-c3ccc4c(ccn4CCCN4CCCC4)c3)c(=O)c2)cc1. The van der Waals surface area contributed by atoms with Gasteiger partial charge in [-0.25, -0.2) is 0 Å². The zero-order valence-electron chi connectivity index (χ0n) is 18.1. The zero-order chi connectivity index (χ0) is 21.2. The van der Waals surface area contributed by atoms with Crippen molar-refractivity contribution in [2.24, 2.45) is 0 Å². The van der Waals surface area contributed by atoms with E-state index >= 15 is 0 Å². The number of fused-ring (bicyclic) bond motifs is 1. The molecule has 5 rings (SSSR count). The molecule has 4 heteroatoms. The molecule has 4 aromatic rings. The van der Waals surface area contributed by atoms with E-state index < -0.39 is 0 Å². The van der Waals surface area contributed by atoms with Crippen LogP contribution in [0.15, 0.2) is 77.9 Å². The van der Waals surface area contributed by atoms with E-state index in [0.717, 1.165) is 23.4 Å². The van der Waals surface area contributed by atoms with Crippen LogP contribution in [0.1, 0.15) is 24.8 Å². The second-order valence-electron chi connectivity index (χ2n) is 8.64. The molecular weight excluding hydrogens is 382 g/mol. The molecule has 4 nitrogen and oxygen atoms in total. The normalized spacial score (nSPS) is 14.5. The van der Waals surface area contributed by atoms with Crippen LogP contribution in [-0.2, 0) is 6.54 Å². The molecule has 158 valence electrons. The summed E-state index contributed by atoms with van der Waals surface area (Å²) >= 11 is 0. The number of hydrogen-bond donors (Lipinski definition) is 0. The Hall–Kier alpha value is -3.11. The minimum Gasteiger partial charge on any atom is -0.347 e. The zero-order valence-corrected chi connectivity index (χ0v) is 18.1. The summed E-state index contributed by atoms with van der Waals surface area (Å²) in [5, 5.41) is 1.17. The molecule has 0 atom stereocenters. The summed E-state index contributed by atoms with van der Waals surface area (Å²) in [6, 6.07) is 20.5. The highest BCUT2D eigenvalue weighted by molar-refractivity contribution is 5.82. The number of aryl methyl sites for hydroxylation is 2. The van der Waals surface area contributed by atoms with Crippen LogP contribution in [0.3, 0.4) is 0 Å². The molecule has 0 saturated carbocycles. The molecular formula is C27H29N3O. The van der Waals surface area contributed by atoms with E-state index in [1.54, 1.807) is 10.6 Å². The van der Waals surface area contributed by atoms with Gasteiger partial charge in [0.05, 0.1) is 0 Å². The predicted octanol–water partition coefficient (Wildman–Crippen LogP) is 5.25. The first-order valence-electron chi connectivity index (χ1n) is 11.3. The molecule has 0 unspecified atom stereocenters. The van der Waals surface area contributed by atoms with Crippen molar-refractivity contribution in [3.8, 4) is 16.8 Å². The summed E-state index contributed by atoms with van der Waals surface area (Å²) < 4.78 is 4.06. The van der Waals surface area contributed by atoms with Gasteiger partial charge in [0.15, 0.2) is 0 Å². The van der Waals surface area contributed by atoms with Crippen LogP contribution in [-0.4, -0.2) is 33.7 Å². The number of pyridine rings is 1. The molecule has 1 aliphatic heterocycles. The Bertz CT molecular complexity index is 1240. The topological polar surface area (TPSA) is 30.2 Å². The molecule has 1 fully saturated rings. The first kappa shape index (κ1) is 19.8. The molecule has 2 aromatic heterocycles. The van der Waals surface area contributed by atoms with Crippen LogP contribution in [0, 0.1) is 6.92 Å². The lowest BCUT2D eigenvalue weighted by molar-refractivity contribution is 0.326. The lowest BCUT2D eigenvalue weighted by atomic mass is 10.1. The van der Waals surface area contributed by atoms with E-state index in [9.17, 15) is 4.79 Å². The summed E-state index contributed by atoms with van der Waals surface area (Å²) in [5.41, 5.74) is 5.36. The lowest BCUT2D eigenvalue weighted by Gasteiger charge is -2.14. The average molecular weight is 412 g/mol. The van der Waals surface area contributed by atoms with E-state index in [1.807, 2.05) is 18.3 Å². The van der Waals surface area contributed by atoms with Crippen LogP contribution in [0.5, 0.6) is 0 Å². The minimum absolute atomic E-state index is 0.0116. The Morgan fingerprint density at radius 1 is 0.806 bits per heavy atom. The van der Waals surface area contributed by atoms with Crippen molar-refractivity contribution in [1.82, 2.24) is 14.0 Å². The third-order valence-corrected chi connectivity index (χ3v) is 6.41. The van der Waals surface area contributed by atoms with Crippen LogP contribution < -0.4 is 5.56 Å². The molecule has 0 bridgehead atoms. The van der Waals surface area contributed by atoms with Crippen LogP contribution >= 0.6 is 0 Å². The van der Waals surface area contributed by atoms with Gasteiger partial charge >= 0.3 is 0 Å². The molecule has 1 aliphatic rings. The maximum atomic E-state index is 12.8. The highest BCUT2D eigenvalue weighted by atomic mass is 16.1. The Balaban J connectivity index is 1.35. The first-order valence-corrected chi connectivity index (χ1v) is 11.3. The Morgan fingerprint density at radius 3 is 2.39 bits per heavy atom. The number of likely N-dealkylation sites (tertiary alicyclic amines) is 1. The van der Waals surface area contributed by atoms with Crippen molar-refractivity contribution in [3.05, 3.63) is 89.0 Å². The van der Waals surface area contributed by atoms with Gasteiger partial charge in [-0.05, 0) is 87.3 Å². The van der Waals surface area contributed by atoms with Gasteiger partial charge in [-0.15, -0.1) is 0 Å². The predicted molar refractivity (Wildman–Crippen MR) is 128 cm³/mol. The molecule has 0 N–H and O–H groups in total. The van der Waals surface area contributed by atoms with E-state index in [-0.39, 0.29) is 5.56 Å². The lowest BCUT2D eigenvalue weighted by Crippen LogP contribution is -2.21. The van der Waals surface area contributed by atoms with Gasteiger partial charge in [0.25, 0.3) is 5.56 Å². The van der Waals surface area contributed by atoms with Crippen molar-refractivity contribution in [2.75, 3.05) is 19.6 Å². The van der Waals surface area contributed by atoms with Crippen molar-refractivity contribution >= 4 is 10.9 Å². The standard InChI is InChI=1S/C27H29N3O/c1-21-5-7-22(8-6-21)23-12-18-30(27(31)20-23)25-9-10-26-24(19-25)11-17-29(26)16-4-15-28-13-2-3-14-28/h5-12,17-20H,2-4,13-16H2,1H3. The first-order chi connectivity index (χ1) is 15.2. The fraction of sp³-hybridized carbons (Fsp3) is 0.296. The molecule has 0 aliphatic carbocycles. The quantitative estimate of drug-likeness (QED) is 0.434. The maximum absolute atomic E-state index is 12.8. The van der Waals surface area contributed by atoms with E-state index in [0.29, 0.717) is 0 Å². The highest BCUT2D eigenvalue weighted by Crippen LogP contribution is 2.22. The minimum atomic E-state index is -0.0116. The van der Waals surface area contributed by atoms with Gasteiger partial charge in [-0.2, -0.15) is 0 Å². The van der Waals surface area contributed by atoms with Gasteiger partial charge in [-0.3, -0.25) is 9.36 Å². The van der Waals surface area contributed by atoms with Gasteiger partial charge in [0.1, 0.15) is 0 Å². The van der Waals surface area contributed by atoms with E-state index in [1.165, 1.54) is 55.4 Å². The van der Waals surface area contributed by atoms with Crippen LogP contribution in [0.4, 0.5) is 0 Å².